The number of carbonyl (C=O) groups excluding carboxylic acids is 9. The minimum atomic E-state index is -0.977. The second-order valence-electron chi connectivity index (χ2n) is 34.8. The standard InChI is InChI=1S/C51H52N8O5.C30H30N6.C21H24N2O6/c52-45-39(19-9-30-54-45)46-56-41-25-24-40(55-47(41)58(46)36-22-20-35(21-23-36)51(53)28-10-29-51)34-15-6-11-32(31-34)12-7-17-37(60)16-5-3-1-2-4-13-33-14-8-18-38-44(33)50(64)59(49(38)63)42-26-27-43(61)57-48(42)62;1-30(15-4-16-30)22-8-10-23(11-9-22)36-28(24-7-3-18-33-27(24)32)35-26-13-12-25(34-29(26)36)21-6-2-5-20(19-21)14-17-31;24-16-12-11-15(19(27)22-16)23-20(28)14-9-6-8-13(18(14)21(23)29)7-4-2-1-3-5-10-17(25)26/h6,8-9,11,14-15,18-25,30-31,42H,1-5,7,10,12-13,16-17,26-29,53H2,(H2,52,54)(H,57,61,62);2-3,5-13,18-19H,4,14-17,31H2,1H3,(H2,32,33);6,8-9,15H,1-5,7,10-12H2,(H,25,26)(H,22,24,27). The van der Waals surface area contributed by atoms with Gasteiger partial charge in [-0.05, 0) is 245 Å². The number of Topliss-reactive ketones (excluding diaryl/α,β-unsaturated/α-hetero) is 1. The van der Waals surface area contributed by atoms with Gasteiger partial charge in [-0.3, -0.25) is 77.5 Å². The van der Waals surface area contributed by atoms with E-state index in [1.165, 1.54) is 30.4 Å². The number of carboxylic acid groups (broad SMARTS) is 1. The number of carboxylic acids is 1. The first kappa shape index (κ1) is 88.5. The minimum Gasteiger partial charge on any atom is -0.481 e. The third-order valence-electron chi connectivity index (χ3n) is 26.0. The Morgan fingerprint density at radius 2 is 0.884 bits per heavy atom. The van der Waals surface area contributed by atoms with E-state index in [9.17, 15) is 47.9 Å². The SMILES string of the molecule is CC1(c2ccc(-n3c(-c4cccnc4N)nc4ccc(-c5cccc(CCN)c5)nc43)cc2)CCC1.Nc1ncccc1-c1nc2ccc(-c3cccc(CCCC(=O)CCCCCCCc4cccc5c4C(=O)N(C4CCC(=O)NC4=O)C5=O)c3)nc2n1-c1ccc(C2(N)CCC2)cc1.O=C(O)CCCCCCCc1cccc2c1C(=O)N(C1CCC(=O)NC1=O)C2=O. The number of nitrogens with two attached hydrogens (primary N) is 4. The molecule has 2 unspecified atom stereocenters. The van der Waals surface area contributed by atoms with Gasteiger partial charge < -0.3 is 28.0 Å². The topological polar surface area (TPSA) is 413 Å². The zero-order chi connectivity index (χ0) is 90.0. The smallest absolute Gasteiger partial charge is 0.303 e. The first-order valence-electron chi connectivity index (χ1n) is 45.0. The molecule has 10 heterocycles. The van der Waals surface area contributed by atoms with Crippen LogP contribution in [0.1, 0.15) is 236 Å². The van der Waals surface area contributed by atoms with Crippen molar-refractivity contribution in [1.29, 1.82) is 0 Å². The maximum absolute atomic E-state index is 13.4. The van der Waals surface area contributed by atoms with Gasteiger partial charge in [-0.1, -0.05) is 137 Å². The summed E-state index contributed by atoms with van der Waals surface area (Å²) in [5.74, 6) is -2.21. The van der Waals surface area contributed by atoms with Crippen molar-refractivity contribution < 1.29 is 53.1 Å². The molecule has 0 spiro atoms. The summed E-state index contributed by atoms with van der Waals surface area (Å²) in [6.45, 7) is 2.97. The van der Waals surface area contributed by atoms with Crippen molar-refractivity contribution in [3.05, 3.63) is 250 Å². The Balaban J connectivity index is 0.000000157. The van der Waals surface area contributed by atoms with Gasteiger partial charge in [-0.25, -0.2) is 29.9 Å². The third kappa shape index (κ3) is 19.2. The van der Waals surface area contributed by atoms with Gasteiger partial charge in [0.15, 0.2) is 22.9 Å². The van der Waals surface area contributed by atoms with Crippen molar-refractivity contribution in [3.63, 3.8) is 0 Å². The molecule has 2 atom stereocenters. The highest BCUT2D eigenvalue weighted by Crippen LogP contribution is 2.45. The predicted molar refractivity (Wildman–Crippen MR) is 492 cm³/mol. The van der Waals surface area contributed by atoms with E-state index >= 15 is 0 Å². The van der Waals surface area contributed by atoms with Crippen molar-refractivity contribution >= 4 is 93.0 Å². The lowest BCUT2D eigenvalue weighted by Gasteiger charge is -2.39. The molecule has 6 aliphatic rings. The van der Waals surface area contributed by atoms with Gasteiger partial charge in [-0.2, -0.15) is 0 Å². The monoisotopic (exact) mass is 1730 g/mol. The summed E-state index contributed by atoms with van der Waals surface area (Å²) in [5, 5.41) is 13.1. The van der Waals surface area contributed by atoms with E-state index in [0.717, 1.165) is 196 Å². The quantitative estimate of drug-likeness (QED) is 0.0152. The van der Waals surface area contributed by atoms with Crippen LogP contribution < -0.4 is 33.6 Å². The fraction of sp³-hybridized carbons (Fsp3) is 0.333. The number of hydrogen-bond donors (Lipinski definition) is 7. The number of nitrogen functional groups attached to an aromatic ring is 2. The fourth-order valence-electron chi connectivity index (χ4n) is 18.5. The maximum atomic E-state index is 13.4. The van der Waals surface area contributed by atoms with E-state index in [1.807, 2.05) is 71.3 Å². The molecular formula is C102H106N16O11. The van der Waals surface area contributed by atoms with Crippen LogP contribution in [0, 0.1) is 0 Å². The number of pyridine rings is 4. The molecule has 2 saturated heterocycles. The molecular weight excluding hydrogens is 1630 g/mol. The zero-order valence-electron chi connectivity index (χ0n) is 72.4. The number of piperidine rings is 2. The summed E-state index contributed by atoms with van der Waals surface area (Å²) in [7, 11) is 0. The number of nitrogens with one attached hydrogen (secondary N) is 2. The van der Waals surface area contributed by atoms with Crippen LogP contribution >= 0.6 is 0 Å². The van der Waals surface area contributed by atoms with E-state index in [4.69, 9.17) is 48.0 Å². The number of anilines is 2. The Bertz CT molecular complexity index is 6330. The number of rotatable bonds is 32. The number of imidazole rings is 2. The number of ketones is 1. The van der Waals surface area contributed by atoms with E-state index in [0.29, 0.717) is 84.0 Å². The molecule has 12 aromatic rings. The summed E-state index contributed by atoms with van der Waals surface area (Å²) in [4.78, 5) is 154. The van der Waals surface area contributed by atoms with Crippen LogP contribution in [0.15, 0.2) is 194 Å². The molecule has 660 valence electrons. The molecule has 129 heavy (non-hydrogen) atoms. The largest absolute Gasteiger partial charge is 0.481 e. The molecule has 11 N–H and O–H groups in total. The number of amides is 8. The molecule has 6 aromatic carbocycles. The maximum Gasteiger partial charge on any atom is 0.303 e. The summed E-state index contributed by atoms with van der Waals surface area (Å²) < 4.78 is 4.14. The number of hydrogen-bond acceptors (Lipinski definition) is 20. The summed E-state index contributed by atoms with van der Waals surface area (Å²) >= 11 is 0. The normalized spacial score (nSPS) is 16.6. The number of aliphatic carboxylic acids is 1. The molecule has 27 nitrogen and oxygen atoms in total. The van der Waals surface area contributed by atoms with Crippen molar-refractivity contribution in [2.75, 3.05) is 18.0 Å². The molecule has 0 radical (unpaired) electrons. The second-order valence-corrected chi connectivity index (χ2v) is 34.8. The average molecular weight is 1730 g/mol. The molecule has 0 bridgehead atoms. The number of fused-ring (bicyclic) bond motifs is 4. The molecule has 18 rings (SSSR count). The Morgan fingerprint density at radius 1 is 0.450 bits per heavy atom. The Morgan fingerprint density at radius 3 is 1.33 bits per heavy atom. The number of aromatic nitrogens is 8. The molecule has 4 aliphatic heterocycles. The lowest BCUT2D eigenvalue weighted by molar-refractivity contribution is -0.138. The highest BCUT2D eigenvalue weighted by Gasteiger charge is 2.48. The second kappa shape index (κ2) is 39.1. The number of benzene rings is 6. The van der Waals surface area contributed by atoms with Crippen LogP contribution in [0.25, 0.3) is 79.0 Å². The van der Waals surface area contributed by atoms with Crippen molar-refractivity contribution in [2.45, 2.75) is 210 Å². The Labute approximate surface area is 747 Å². The van der Waals surface area contributed by atoms with Crippen LogP contribution in [-0.4, -0.2) is 132 Å². The van der Waals surface area contributed by atoms with Gasteiger partial charge >= 0.3 is 5.97 Å². The van der Waals surface area contributed by atoms with Gasteiger partial charge in [0.05, 0.1) is 44.8 Å². The number of carbonyl (C=O) groups is 10. The van der Waals surface area contributed by atoms with Crippen LogP contribution in [0.5, 0.6) is 0 Å². The highest BCUT2D eigenvalue weighted by atomic mass is 16.4. The van der Waals surface area contributed by atoms with Crippen LogP contribution in [0.4, 0.5) is 11.6 Å². The van der Waals surface area contributed by atoms with Gasteiger partial charge in [0.2, 0.25) is 23.6 Å². The summed E-state index contributed by atoms with van der Waals surface area (Å²) in [5.41, 5.74) is 43.1. The fourth-order valence-corrected chi connectivity index (χ4v) is 18.5. The number of nitrogens with zero attached hydrogens (tertiary/aromatic N) is 10. The van der Waals surface area contributed by atoms with Crippen molar-refractivity contribution in [1.82, 2.24) is 59.5 Å². The number of aryl methyl sites for hydroxylation is 3. The first-order chi connectivity index (χ1) is 62.5. The van der Waals surface area contributed by atoms with E-state index in [1.54, 1.807) is 36.7 Å². The molecule has 4 fully saturated rings. The molecule has 8 amide bonds. The molecule has 2 aliphatic carbocycles. The number of imide groups is 4. The molecule has 2 saturated carbocycles. The van der Waals surface area contributed by atoms with E-state index in [-0.39, 0.29) is 48.8 Å². The molecule has 27 heteroatoms. The van der Waals surface area contributed by atoms with Gasteiger partial charge in [0.25, 0.3) is 23.6 Å². The minimum absolute atomic E-state index is 0.0866. The predicted octanol–water partition coefficient (Wildman–Crippen LogP) is 15.7. The third-order valence-corrected chi connectivity index (χ3v) is 26.0. The average Bonchev–Trinajstić information content (AvgIpc) is 1.64. The Kier molecular flexibility index (Phi) is 26.8. The first-order valence-corrected chi connectivity index (χ1v) is 45.0. The van der Waals surface area contributed by atoms with Crippen LogP contribution in [0.3, 0.4) is 0 Å². The van der Waals surface area contributed by atoms with Gasteiger partial charge in [-0.15, -0.1) is 0 Å². The lowest BCUT2D eigenvalue weighted by atomic mass is 9.66. The molecule has 6 aromatic heterocycles. The number of unbranched alkanes of at least 4 members (excludes halogenated alkanes) is 8. The zero-order valence-corrected chi connectivity index (χ0v) is 72.4. The summed E-state index contributed by atoms with van der Waals surface area (Å²) in [6.07, 6.45) is 24.3. The van der Waals surface area contributed by atoms with Gasteiger partial charge in [0.1, 0.15) is 40.5 Å². The highest BCUT2D eigenvalue weighted by molar-refractivity contribution is 6.25. The Hall–Kier alpha value is -13.9. The van der Waals surface area contributed by atoms with Crippen LogP contribution in [0.2, 0.25) is 0 Å². The van der Waals surface area contributed by atoms with Crippen molar-refractivity contribution in [2.24, 2.45) is 11.5 Å². The lowest BCUT2D eigenvalue weighted by Crippen LogP contribution is -2.54. The van der Waals surface area contributed by atoms with E-state index < -0.39 is 65.3 Å². The van der Waals surface area contributed by atoms with Crippen molar-refractivity contribution in [3.8, 4) is 56.7 Å². The summed E-state index contributed by atoms with van der Waals surface area (Å²) in [6, 6.07) is 58.1. The van der Waals surface area contributed by atoms with Gasteiger partial charge in [0, 0.05) is 72.5 Å². The van der Waals surface area contributed by atoms with E-state index in [2.05, 4.69) is 123 Å². The van der Waals surface area contributed by atoms with Crippen LogP contribution in [-0.2, 0) is 65.4 Å².